The smallest absolute Gasteiger partial charge is 0.308 e. The molecule has 2 aliphatic rings. The number of amides is 1. The third-order valence-electron chi connectivity index (χ3n) is 5.94. The maximum Gasteiger partial charge on any atom is 0.308 e. The molecule has 1 fully saturated rings. The molecule has 2 aliphatic heterocycles. The molecular weight excluding hydrogens is 462 g/mol. The number of carbonyl (C=O) groups is 3. The minimum Gasteiger partial charge on any atom is -0.481 e. The van der Waals surface area contributed by atoms with Gasteiger partial charge in [-0.05, 0) is 24.1 Å². The van der Waals surface area contributed by atoms with E-state index in [4.69, 9.17) is 10.8 Å². The van der Waals surface area contributed by atoms with Crippen molar-refractivity contribution in [3.63, 3.8) is 0 Å². The van der Waals surface area contributed by atoms with Gasteiger partial charge in [-0.3, -0.25) is 24.2 Å². The van der Waals surface area contributed by atoms with Gasteiger partial charge in [0.1, 0.15) is 0 Å². The number of hydrogen-bond acceptors (Lipinski definition) is 10. The largest absolute Gasteiger partial charge is 0.481 e. The Bertz CT molecular complexity index is 1270. The summed E-state index contributed by atoms with van der Waals surface area (Å²) in [5.41, 5.74) is 4.50. The Morgan fingerprint density at radius 3 is 2.57 bits per heavy atom. The topological polar surface area (TPSA) is 232 Å². The predicted octanol–water partition coefficient (Wildman–Crippen LogP) is -0.786. The lowest BCUT2D eigenvalue weighted by Gasteiger charge is -2.47. The van der Waals surface area contributed by atoms with Gasteiger partial charge in [0.2, 0.25) is 5.95 Å². The molecule has 184 valence electrons. The highest BCUT2D eigenvalue weighted by molar-refractivity contribution is 5.97. The van der Waals surface area contributed by atoms with Gasteiger partial charge in [0.05, 0.1) is 30.8 Å². The molecule has 4 rings (SSSR count). The van der Waals surface area contributed by atoms with Crippen LogP contribution in [0.3, 0.4) is 0 Å². The van der Waals surface area contributed by atoms with E-state index in [1.54, 1.807) is 12.1 Å². The molecule has 0 bridgehead atoms. The fourth-order valence-electron chi connectivity index (χ4n) is 4.08. The summed E-state index contributed by atoms with van der Waals surface area (Å²) in [5.74, 6) is -4.24. The Morgan fingerprint density at radius 1 is 1.23 bits per heavy atom. The second-order valence-corrected chi connectivity index (χ2v) is 8.21. The zero-order valence-electron chi connectivity index (χ0n) is 18.2. The van der Waals surface area contributed by atoms with Crippen LogP contribution in [0.2, 0.25) is 0 Å². The molecule has 9 N–H and O–H groups in total. The van der Waals surface area contributed by atoms with E-state index in [1.165, 1.54) is 12.1 Å². The summed E-state index contributed by atoms with van der Waals surface area (Å²) in [6.45, 7) is 0.613. The minimum atomic E-state index is -2.10. The van der Waals surface area contributed by atoms with Crippen LogP contribution in [0.4, 0.5) is 23.1 Å². The van der Waals surface area contributed by atoms with Crippen LogP contribution in [-0.4, -0.2) is 68.0 Å². The van der Waals surface area contributed by atoms with Crippen molar-refractivity contribution in [2.45, 2.75) is 24.5 Å². The lowest BCUT2D eigenvalue weighted by atomic mass is 9.71. The lowest BCUT2D eigenvalue weighted by molar-refractivity contribution is -0.173. The number of aliphatic carboxylic acids is 2. The summed E-state index contributed by atoms with van der Waals surface area (Å²) >= 11 is 0. The molecule has 14 heteroatoms. The molecule has 1 saturated heterocycles. The third kappa shape index (κ3) is 4.50. The van der Waals surface area contributed by atoms with Crippen LogP contribution in [0.5, 0.6) is 0 Å². The van der Waals surface area contributed by atoms with Gasteiger partial charge in [-0.2, -0.15) is 4.98 Å². The first-order chi connectivity index (χ1) is 16.6. The van der Waals surface area contributed by atoms with Crippen LogP contribution in [0.1, 0.15) is 18.4 Å². The van der Waals surface area contributed by atoms with Gasteiger partial charge in [-0.1, -0.05) is 12.1 Å². The molecule has 1 amide bonds. The molecule has 3 unspecified atom stereocenters. The average Bonchev–Trinajstić information content (AvgIpc) is 2.81. The monoisotopic (exact) mass is 485 g/mol. The number of H-pyrrole nitrogens is 1. The Balaban J connectivity index is 1.46. The lowest BCUT2D eigenvalue weighted by Crippen LogP contribution is -2.73. The van der Waals surface area contributed by atoms with E-state index < -0.39 is 47.4 Å². The van der Waals surface area contributed by atoms with E-state index in [-0.39, 0.29) is 30.2 Å². The molecule has 3 atom stereocenters. The van der Waals surface area contributed by atoms with E-state index in [1.807, 2.05) is 0 Å². The molecular formula is C21H23N7O7. The van der Waals surface area contributed by atoms with Gasteiger partial charge in [0.25, 0.3) is 11.5 Å². The van der Waals surface area contributed by atoms with Crippen molar-refractivity contribution in [3.05, 3.63) is 40.2 Å². The van der Waals surface area contributed by atoms with Crippen molar-refractivity contribution in [2.24, 2.45) is 10.9 Å². The Kier molecular flexibility index (Phi) is 6.13. The zero-order chi connectivity index (χ0) is 25.3. The highest BCUT2D eigenvalue weighted by Crippen LogP contribution is 2.38. The number of aromatic nitrogens is 2. The number of carbonyl (C=O) groups excluding carboxylic acids is 1. The molecule has 3 heterocycles. The first-order valence-corrected chi connectivity index (χ1v) is 10.6. The highest BCUT2D eigenvalue weighted by Gasteiger charge is 2.59. The number of aliphatic hydroxyl groups is 1. The predicted molar refractivity (Wildman–Crippen MR) is 124 cm³/mol. The Morgan fingerprint density at radius 2 is 1.94 bits per heavy atom. The van der Waals surface area contributed by atoms with Crippen LogP contribution in [0.25, 0.3) is 0 Å². The van der Waals surface area contributed by atoms with E-state index in [2.05, 4.69) is 30.9 Å². The van der Waals surface area contributed by atoms with Crippen LogP contribution < -0.4 is 27.2 Å². The Labute approximate surface area is 197 Å². The van der Waals surface area contributed by atoms with E-state index >= 15 is 0 Å². The summed E-state index contributed by atoms with van der Waals surface area (Å²) in [5, 5.41) is 37.9. The number of β-lactam (4-membered cyclic amide) rings is 1. The van der Waals surface area contributed by atoms with Gasteiger partial charge in [0.15, 0.2) is 17.1 Å². The summed E-state index contributed by atoms with van der Waals surface area (Å²) in [7, 11) is 0. The van der Waals surface area contributed by atoms with Gasteiger partial charge in [-0.15, -0.1) is 0 Å². The molecule has 0 radical (unpaired) electrons. The molecule has 14 nitrogen and oxygen atoms in total. The number of aliphatic imine (C=N–C) groups is 1. The fourth-order valence-corrected chi connectivity index (χ4v) is 4.08. The maximum absolute atomic E-state index is 12.2. The number of hydrogen-bond donors (Lipinski definition) is 8. The standard InChI is InChI=1S/C21H23N7O7/c22-20-27-16-14(17(31)28-20)25-11(8-24-16)7-23-10-3-1-9(2-4-10)21(35)15(26-19(21)34)12(18(32)33)5-6-13(29)30/h1-4,12,15,23,35H,5-8H2,(H,26,34)(H,29,30)(H,32,33)(H4,22,24,27,28,31). The number of anilines is 3. The minimum absolute atomic E-state index is 0.0151. The van der Waals surface area contributed by atoms with Crippen molar-refractivity contribution in [1.82, 2.24) is 15.3 Å². The number of aromatic amines is 1. The van der Waals surface area contributed by atoms with Crippen LogP contribution >= 0.6 is 0 Å². The molecule has 0 saturated carbocycles. The van der Waals surface area contributed by atoms with Gasteiger partial charge >= 0.3 is 11.9 Å². The number of nitrogens with two attached hydrogens (primary N) is 1. The second-order valence-electron chi connectivity index (χ2n) is 8.21. The molecule has 1 aromatic heterocycles. The van der Waals surface area contributed by atoms with Crippen molar-refractivity contribution in [3.8, 4) is 0 Å². The number of carboxylic acids is 2. The number of rotatable bonds is 9. The average molecular weight is 485 g/mol. The van der Waals surface area contributed by atoms with Gasteiger partial charge in [0, 0.05) is 12.1 Å². The summed E-state index contributed by atoms with van der Waals surface area (Å²) in [4.78, 5) is 57.5. The van der Waals surface area contributed by atoms with Crippen LogP contribution in [-0.2, 0) is 20.0 Å². The number of benzene rings is 1. The first kappa shape index (κ1) is 23.7. The van der Waals surface area contributed by atoms with Crippen molar-refractivity contribution in [1.29, 1.82) is 0 Å². The van der Waals surface area contributed by atoms with Crippen molar-refractivity contribution < 1.29 is 29.7 Å². The third-order valence-corrected chi connectivity index (χ3v) is 5.94. The Hall–Kier alpha value is -4.46. The molecule has 0 aliphatic carbocycles. The number of nitrogen functional groups attached to an aromatic ring is 1. The van der Waals surface area contributed by atoms with E-state index in [0.29, 0.717) is 23.8 Å². The van der Waals surface area contributed by atoms with Crippen molar-refractivity contribution in [2.75, 3.05) is 29.5 Å². The van der Waals surface area contributed by atoms with Gasteiger partial charge < -0.3 is 37.0 Å². The summed E-state index contributed by atoms with van der Waals surface area (Å²) in [6.07, 6.45) is -0.664. The number of nitrogens with zero attached hydrogens (tertiary/aromatic N) is 2. The van der Waals surface area contributed by atoms with E-state index in [0.717, 1.165) is 0 Å². The maximum atomic E-state index is 12.2. The number of fused-ring (bicyclic) bond motifs is 1. The highest BCUT2D eigenvalue weighted by atomic mass is 16.4. The van der Waals surface area contributed by atoms with Crippen LogP contribution in [0.15, 0.2) is 34.1 Å². The molecule has 35 heavy (non-hydrogen) atoms. The zero-order valence-corrected chi connectivity index (χ0v) is 18.2. The van der Waals surface area contributed by atoms with Crippen LogP contribution in [0, 0.1) is 5.92 Å². The van der Waals surface area contributed by atoms with Crippen molar-refractivity contribution >= 4 is 46.7 Å². The summed E-state index contributed by atoms with van der Waals surface area (Å²) in [6, 6.07) is 5.00. The molecule has 2 aromatic rings. The number of carboxylic acid groups (broad SMARTS) is 2. The quantitative estimate of drug-likeness (QED) is 0.205. The normalized spacial score (nSPS) is 21.5. The summed E-state index contributed by atoms with van der Waals surface area (Å²) < 4.78 is 0. The molecule has 0 spiro atoms. The molecule has 1 aromatic carbocycles. The first-order valence-electron chi connectivity index (χ1n) is 10.6. The second kappa shape index (κ2) is 9.06. The van der Waals surface area contributed by atoms with Gasteiger partial charge in [-0.25, -0.2) is 4.99 Å². The number of nitrogens with one attached hydrogen (secondary N) is 4. The van der Waals surface area contributed by atoms with E-state index in [9.17, 15) is 29.4 Å². The fraction of sp³-hybridized carbons (Fsp3) is 0.333. The SMILES string of the molecule is Nc1nc2c(c(=O)[nH]1)N=C(CNc1ccc(C3(O)C(=O)NC3C(CCC(=O)O)C(=O)O)cc1)CN2.